The van der Waals surface area contributed by atoms with Crippen LogP contribution in [0.5, 0.6) is 5.75 Å². The molecule has 0 unspecified atom stereocenters. The summed E-state index contributed by atoms with van der Waals surface area (Å²) in [5.74, 6) is 0.369. The fraction of sp³-hybridized carbons (Fsp3) is 0.200. The fourth-order valence-electron chi connectivity index (χ4n) is 1.84. The monoisotopic (exact) mass is 305 g/mol. The highest BCUT2D eigenvalue weighted by molar-refractivity contribution is 9.10. The number of nitrogens with one attached hydrogen (secondary N) is 1. The zero-order valence-electron chi connectivity index (χ0n) is 10.5. The molecule has 0 bridgehead atoms. The lowest BCUT2D eigenvalue weighted by Crippen LogP contribution is -2.01. The summed E-state index contributed by atoms with van der Waals surface area (Å²) in [6.07, 6.45) is 0. The molecule has 3 heteroatoms. The molecule has 2 aromatic rings. The number of rotatable bonds is 3. The van der Waals surface area contributed by atoms with Gasteiger partial charge < -0.3 is 10.4 Å². The van der Waals surface area contributed by atoms with Gasteiger partial charge in [0.25, 0.3) is 0 Å². The maximum atomic E-state index is 9.95. The Hall–Kier alpha value is -1.48. The number of anilines is 1. The molecule has 0 fully saturated rings. The van der Waals surface area contributed by atoms with Crippen LogP contribution in [0.1, 0.15) is 16.7 Å². The van der Waals surface area contributed by atoms with E-state index in [1.54, 1.807) is 0 Å². The second-order valence-electron chi connectivity index (χ2n) is 4.37. The number of aryl methyl sites for hydroxylation is 2. The third-order valence-electron chi connectivity index (χ3n) is 2.98. The van der Waals surface area contributed by atoms with Crippen LogP contribution in [0.3, 0.4) is 0 Å². The molecule has 18 heavy (non-hydrogen) atoms. The van der Waals surface area contributed by atoms with E-state index in [0.717, 1.165) is 21.3 Å². The highest BCUT2D eigenvalue weighted by Crippen LogP contribution is 2.27. The lowest BCUT2D eigenvalue weighted by Gasteiger charge is -2.12. The molecule has 0 aliphatic heterocycles. The predicted molar refractivity (Wildman–Crippen MR) is 79.0 cm³/mol. The van der Waals surface area contributed by atoms with Gasteiger partial charge in [0.05, 0.1) is 0 Å². The number of para-hydroxylation sites is 1. The Balaban J connectivity index is 2.17. The molecule has 2 aromatic carbocycles. The predicted octanol–water partition coefficient (Wildman–Crippen LogP) is 4.38. The molecule has 0 spiro atoms. The molecule has 0 heterocycles. The van der Waals surface area contributed by atoms with Crippen molar-refractivity contribution in [3.8, 4) is 5.75 Å². The van der Waals surface area contributed by atoms with Crippen LogP contribution in [-0.2, 0) is 6.54 Å². The van der Waals surface area contributed by atoms with E-state index in [4.69, 9.17) is 0 Å². The molecule has 0 atom stereocenters. The summed E-state index contributed by atoms with van der Waals surface area (Å²) in [6, 6.07) is 11.9. The number of hydrogen-bond donors (Lipinski definition) is 2. The van der Waals surface area contributed by atoms with Gasteiger partial charge >= 0.3 is 0 Å². The summed E-state index contributed by atoms with van der Waals surface area (Å²) >= 11 is 3.56. The molecule has 0 aliphatic rings. The summed E-state index contributed by atoms with van der Waals surface area (Å²) in [4.78, 5) is 0. The van der Waals surface area contributed by atoms with E-state index in [-0.39, 0.29) is 0 Å². The minimum atomic E-state index is 0.369. The van der Waals surface area contributed by atoms with Gasteiger partial charge in [0.1, 0.15) is 5.75 Å². The first kappa shape index (κ1) is 13.0. The molecule has 94 valence electrons. The molecule has 2 nitrogen and oxygen atoms in total. The average Bonchev–Trinajstić information content (AvgIpc) is 2.36. The van der Waals surface area contributed by atoms with Crippen LogP contribution >= 0.6 is 15.9 Å². The number of hydrogen-bond acceptors (Lipinski definition) is 2. The largest absolute Gasteiger partial charge is 0.507 e. The second-order valence-corrected chi connectivity index (χ2v) is 5.17. The smallest absolute Gasteiger partial charge is 0.123 e. The standard InChI is InChI=1S/C15H16BrNO/c1-10-5-4-8-13(14(10)16)17-9-12-7-3-6-11(2)15(12)18/h3-8,17-18H,9H2,1-2H3. The van der Waals surface area contributed by atoms with Crippen LogP contribution in [0.2, 0.25) is 0 Å². The first-order valence-electron chi connectivity index (χ1n) is 5.86. The van der Waals surface area contributed by atoms with Crippen molar-refractivity contribution in [2.75, 3.05) is 5.32 Å². The number of halogens is 1. The molecular formula is C15H16BrNO. The van der Waals surface area contributed by atoms with Gasteiger partial charge in [0.15, 0.2) is 0 Å². The summed E-state index contributed by atoms with van der Waals surface area (Å²) < 4.78 is 1.07. The lowest BCUT2D eigenvalue weighted by molar-refractivity contribution is 0.465. The molecule has 0 aliphatic carbocycles. The van der Waals surface area contributed by atoms with Gasteiger partial charge in [-0.3, -0.25) is 0 Å². The molecule has 0 radical (unpaired) electrons. The Labute approximate surface area is 116 Å². The van der Waals surface area contributed by atoms with Gasteiger partial charge in [0, 0.05) is 22.3 Å². The van der Waals surface area contributed by atoms with Crippen LogP contribution < -0.4 is 5.32 Å². The minimum absolute atomic E-state index is 0.369. The van der Waals surface area contributed by atoms with E-state index in [9.17, 15) is 5.11 Å². The zero-order valence-corrected chi connectivity index (χ0v) is 12.1. The fourth-order valence-corrected chi connectivity index (χ4v) is 2.24. The van der Waals surface area contributed by atoms with Gasteiger partial charge in [-0.2, -0.15) is 0 Å². The summed E-state index contributed by atoms with van der Waals surface area (Å²) in [5, 5.41) is 13.3. The van der Waals surface area contributed by atoms with Crippen molar-refractivity contribution >= 4 is 21.6 Å². The van der Waals surface area contributed by atoms with E-state index in [2.05, 4.69) is 34.2 Å². The third-order valence-corrected chi connectivity index (χ3v) is 4.03. The summed E-state index contributed by atoms with van der Waals surface area (Å²) in [7, 11) is 0. The Morgan fingerprint density at radius 1 is 1.06 bits per heavy atom. The van der Waals surface area contributed by atoms with Crippen molar-refractivity contribution in [1.29, 1.82) is 0 Å². The van der Waals surface area contributed by atoms with Gasteiger partial charge in [-0.1, -0.05) is 30.3 Å². The molecule has 0 saturated carbocycles. The molecule has 0 amide bonds. The SMILES string of the molecule is Cc1cccc(CNc2cccc(C)c2Br)c1O. The summed E-state index contributed by atoms with van der Waals surface area (Å²) in [5.41, 5.74) is 4.03. The second kappa shape index (κ2) is 5.44. The molecular weight excluding hydrogens is 290 g/mol. The van der Waals surface area contributed by atoms with Crippen LogP contribution in [-0.4, -0.2) is 5.11 Å². The van der Waals surface area contributed by atoms with Gasteiger partial charge in [0.2, 0.25) is 0 Å². The first-order valence-corrected chi connectivity index (χ1v) is 6.65. The first-order chi connectivity index (χ1) is 8.59. The summed E-state index contributed by atoms with van der Waals surface area (Å²) in [6.45, 7) is 4.57. The van der Waals surface area contributed by atoms with E-state index in [1.807, 2.05) is 37.3 Å². The molecule has 0 aromatic heterocycles. The third kappa shape index (κ3) is 2.67. The number of aromatic hydroxyl groups is 1. The van der Waals surface area contributed by atoms with Crippen LogP contribution in [0.4, 0.5) is 5.69 Å². The van der Waals surface area contributed by atoms with E-state index in [0.29, 0.717) is 12.3 Å². The Kier molecular flexibility index (Phi) is 3.92. The van der Waals surface area contributed by atoms with Crippen molar-refractivity contribution in [2.45, 2.75) is 20.4 Å². The lowest BCUT2D eigenvalue weighted by atomic mass is 10.1. The Morgan fingerprint density at radius 3 is 2.50 bits per heavy atom. The highest BCUT2D eigenvalue weighted by Gasteiger charge is 2.05. The van der Waals surface area contributed by atoms with Gasteiger partial charge in [-0.15, -0.1) is 0 Å². The van der Waals surface area contributed by atoms with Crippen molar-refractivity contribution in [3.05, 3.63) is 57.6 Å². The van der Waals surface area contributed by atoms with E-state index in [1.165, 1.54) is 5.56 Å². The zero-order chi connectivity index (χ0) is 13.1. The number of phenolic OH excluding ortho intramolecular Hbond substituents is 1. The van der Waals surface area contributed by atoms with Crippen molar-refractivity contribution in [1.82, 2.24) is 0 Å². The van der Waals surface area contributed by atoms with Crippen LogP contribution in [0.25, 0.3) is 0 Å². The van der Waals surface area contributed by atoms with Crippen molar-refractivity contribution in [3.63, 3.8) is 0 Å². The quantitative estimate of drug-likeness (QED) is 0.882. The van der Waals surface area contributed by atoms with E-state index >= 15 is 0 Å². The normalized spacial score (nSPS) is 10.4. The average molecular weight is 306 g/mol. The molecule has 0 saturated heterocycles. The van der Waals surface area contributed by atoms with Crippen LogP contribution in [0.15, 0.2) is 40.9 Å². The van der Waals surface area contributed by atoms with Gasteiger partial charge in [-0.25, -0.2) is 0 Å². The Bertz CT molecular complexity index is 515. The molecule has 2 N–H and O–H groups in total. The van der Waals surface area contributed by atoms with Crippen molar-refractivity contribution < 1.29 is 5.11 Å². The minimum Gasteiger partial charge on any atom is -0.507 e. The Morgan fingerprint density at radius 2 is 1.72 bits per heavy atom. The number of benzene rings is 2. The highest BCUT2D eigenvalue weighted by atomic mass is 79.9. The maximum absolute atomic E-state index is 9.95. The topological polar surface area (TPSA) is 32.3 Å². The maximum Gasteiger partial charge on any atom is 0.123 e. The number of phenols is 1. The van der Waals surface area contributed by atoms with Crippen molar-refractivity contribution in [2.24, 2.45) is 0 Å². The van der Waals surface area contributed by atoms with Crippen LogP contribution in [0, 0.1) is 13.8 Å². The van der Waals surface area contributed by atoms with E-state index < -0.39 is 0 Å². The molecule has 2 rings (SSSR count). The van der Waals surface area contributed by atoms with Gasteiger partial charge in [-0.05, 0) is 47.0 Å².